The lowest BCUT2D eigenvalue weighted by atomic mass is 10.1. The minimum atomic E-state index is -0.701. The summed E-state index contributed by atoms with van der Waals surface area (Å²) in [5.41, 5.74) is 2.07. The molecule has 0 aliphatic carbocycles. The van der Waals surface area contributed by atoms with Gasteiger partial charge in [0.05, 0.1) is 11.5 Å². The molecule has 1 fully saturated rings. The molecule has 0 amide bonds. The summed E-state index contributed by atoms with van der Waals surface area (Å²) in [5.74, 6) is 0.315. The van der Waals surface area contributed by atoms with Gasteiger partial charge in [-0.1, -0.05) is 16.6 Å². The van der Waals surface area contributed by atoms with E-state index in [4.69, 9.17) is 9.47 Å². The summed E-state index contributed by atoms with van der Waals surface area (Å²) in [6.07, 6.45) is 1.31. The van der Waals surface area contributed by atoms with Crippen molar-refractivity contribution in [2.75, 3.05) is 29.9 Å². The van der Waals surface area contributed by atoms with Crippen molar-refractivity contribution in [2.45, 2.75) is 25.9 Å². The van der Waals surface area contributed by atoms with Crippen molar-refractivity contribution in [1.29, 1.82) is 0 Å². The molecule has 1 aliphatic rings. The first kappa shape index (κ1) is 22.3. The maximum Gasteiger partial charge on any atom is 0.508 e. The number of rotatable bonds is 7. The predicted molar refractivity (Wildman–Crippen MR) is 121 cm³/mol. The van der Waals surface area contributed by atoms with Crippen LogP contribution >= 0.6 is 11.5 Å². The first-order chi connectivity index (χ1) is 16.0. The van der Waals surface area contributed by atoms with E-state index in [-0.39, 0.29) is 30.0 Å². The Bertz CT molecular complexity index is 1100. The Morgan fingerprint density at radius 3 is 2.67 bits per heavy atom. The van der Waals surface area contributed by atoms with Gasteiger partial charge in [0, 0.05) is 42.6 Å². The van der Waals surface area contributed by atoms with Gasteiger partial charge in [0.1, 0.15) is 18.1 Å². The van der Waals surface area contributed by atoms with E-state index in [0.717, 1.165) is 11.3 Å². The average Bonchev–Trinajstić information content (AvgIpc) is 3.35. The largest absolute Gasteiger partial charge is 0.508 e. The molecule has 3 aromatic rings. The quantitative estimate of drug-likeness (QED) is 0.305. The molecule has 4 rings (SSSR count). The second-order valence-electron chi connectivity index (χ2n) is 7.13. The van der Waals surface area contributed by atoms with Gasteiger partial charge in [0.2, 0.25) is 11.6 Å². The van der Waals surface area contributed by atoms with Crippen LogP contribution in [0.4, 0.5) is 27.8 Å². The Balaban J connectivity index is 1.48. The summed E-state index contributed by atoms with van der Waals surface area (Å²) in [7, 11) is 0. The highest BCUT2D eigenvalue weighted by atomic mass is 32.1. The highest BCUT2D eigenvalue weighted by Gasteiger charge is 2.31. The van der Waals surface area contributed by atoms with E-state index in [1.807, 2.05) is 17.5 Å². The lowest BCUT2D eigenvalue weighted by Gasteiger charge is -2.31. The fourth-order valence-electron chi connectivity index (χ4n) is 3.49. The molecule has 172 valence electrons. The van der Waals surface area contributed by atoms with Gasteiger partial charge in [-0.2, -0.15) is 0 Å². The number of ether oxygens (including phenoxy) is 2. The number of aromatic nitrogens is 4. The Morgan fingerprint density at radius 1 is 1.27 bits per heavy atom. The number of hydrogen-bond donors (Lipinski definition) is 1. The van der Waals surface area contributed by atoms with E-state index < -0.39 is 11.1 Å². The average molecular weight is 471 g/mol. The van der Waals surface area contributed by atoms with Crippen molar-refractivity contribution >= 4 is 40.7 Å². The maximum atomic E-state index is 11.9. The zero-order valence-corrected chi connectivity index (χ0v) is 18.5. The van der Waals surface area contributed by atoms with Crippen LogP contribution in [0, 0.1) is 10.1 Å². The van der Waals surface area contributed by atoms with Crippen LogP contribution in [0.25, 0.3) is 11.3 Å². The summed E-state index contributed by atoms with van der Waals surface area (Å²) >= 11 is 1.26. The van der Waals surface area contributed by atoms with Gasteiger partial charge >= 0.3 is 11.8 Å². The molecule has 0 spiro atoms. The van der Waals surface area contributed by atoms with Crippen molar-refractivity contribution in [3.8, 4) is 11.3 Å². The van der Waals surface area contributed by atoms with E-state index in [1.165, 1.54) is 17.9 Å². The van der Waals surface area contributed by atoms with E-state index in [0.29, 0.717) is 31.6 Å². The van der Waals surface area contributed by atoms with Crippen molar-refractivity contribution in [1.82, 2.24) is 19.6 Å². The number of piperidine rings is 1. The molecule has 1 saturated heterocycles. The first-order valence-electron chi connectivity index (χ1n) is 10.3. The van der Waals surface area contributed by atoms with Gasteiger partial charge in [-0.15, -0.1) is 5.10 Å². The van der Waals surface area contributed by atoms with Gasteiger partial charge in [-0.05, 0) is 30.6 Å². The number of carbonyl (C=O) groups is 1. The first-order valence-corrected chi connectivity index (χ1v) is 11.1. The third-order valence-corrected chi connectivity index (χ3v) is 5.56. The second-order valence-corrected chi connectivity index (χ2v) is 7.74. The van der Waals surface area contributed by atoms with Crippen LogP contribution in [0.3, 0.4) is 0 Å². The monoisotopic (exact) mass is 471 g/mol. The van der Waals surface area contributed by atoms with Crippen molar-refractivity contribution in [3.05, 3.63) is 46.1 Å². The molecule has 2 aromatic heterocycles. The Hall–Kier alpha value is -3.87. The van der Waals surface area contributed by atoms with Crippen LogP contribution in [0.15, 0.2) is 36.0 Å². The minimum Gasteiger partial charge on any atom is -0.435 e. The molecule has 0 radical (unpaired) electrons. The lowest BCUT2D eigenvalue weighted by molar-refractivity contribution is -0.383. The Kier molecular flexibility index (Phi) is 6.88. The molecule has 0 saturated carbocycles. The summed E-state index contributed by atoms with van der Waals surface area (Å²) in [5, 5.41) is 20.8. The van der Waals surface area contributed by atoms with Crippen molar-refractivity contribution in [3.63, 3.8) is 0 Å². The van der Waals surface area contributed by atoms with Gasteiger partial charge in [-0.25, -0.2) is 14.8 Å². The standard InChI is InChI=1S/C20H21N7O5S/c1-2-31-20(28)32-15-7-9-26(10-8-15)19-17(27(29)30)18(21-12-22-19)23-14-5-3-13(4-6-14)16-11-33-25-24-16/h3-6,11-12,15H,2,7-10H2,1H3,(H,21,22,23). The van der Waals surface area contributed by atoms with E-state index in [9.17, 15) is 14.9 Å². The normalized spacial score (nSPS) is 14.0. The van der Waals surface area contributed by atoms with Crippen LogP contribution in [-0.2, 0) is 9.47 Å². The molecule has 12 nitrogen and oxygen atoms in total. The van der Waals surface area contributed by atoms with Crippen LogP contribution in [0.1, 0.15) is 19.8 Å². The molecule has 1 N–H and O–H groups in total. The molecular weight excluding hydrogens is 450 g/mol. The van der Waals surface area contributed by atoms with Gasteiger partial charge in [-0.3, -0.25) is 10.1 Å². The number of nitrogens with one attached hydrogen (secondary N) is 1. The molecule has 1 aliphatic heterocycles. The van der Waals surface area contributed by atoms with Crippen LogP contribution in [0.5, 0.6) is 0 Å². The van der Waals surface area contributed by atoms with Crippen LogP contribution < -0.4 is 10.2 Å². The molecule has 13 heteroatoms. The maximum absolute atomic E-state index is 11.9. The molecular formula is C20H21N7O5S. The van der Waals surface area contributed by atoms with Gasteiger partial charge in [0.15, 0.2) is 0 Å². The second kappa shape index (κ2) is 10.2. The zero-order chi connectivity index (χ0) is 23.2. The predicted octanol–water partition coefficient (Wildman–Crippen LogP) is 3.79. The van der Waals surface area contributed by atoms with Gasteiger partial charge in [0.25, 0.3) is 0 Å². The summed E-state index contributed by atoms with van der Waals surface area (Å²) in [6, 6.07) is 7.28. The highest BCUT2D eigenvalue weighted by Crippen LogP contribution is 2.35. The Labute approximate surface area is 192 Å². The van der Waals surface area contributed by atoms with Crippen LogP contribution in [0.2, 0.25) is 0 Å². The number of nitro groups is 1. The summed E-state index contributed by atoms with van der Waals surface area (Å²) in [6.45, 7) is 2.83. The summed E-state index contributed by atoms with van der Waals surface area (Å²) in [4.78, 5) is 33.0. The molecule has 1 aromatic carbocycles. The van der Waals surface area contributed by atoms with Crippen LogP contribution in [-0.4, -0.2) is 56.4 Å². The molecule has 0 bridgehead atoms. The lowest BCUT2D eigenvalue weighted by Crippen LogP contribution is -2.38. The third kappa shape index (κ3) is 5.31. The number of nitrogens with zero attached hydrogens (tertiary/aromatic N) is 6. The van der Waals surface area contributed by atoms with Crippen molar-refractivity contribution in [2.24, 2.45) is 0 Å². The number of anilines is 3. The minimum absolute atomic E-state index is 0.0953. The summed E-state index contributed by atoms with van der Waals surface area (Å²) < 4.78 is 13.9. The number of carbonyl (C=O) groups excluding carboxylic acids is 1. The van der Waals surface area contributed by atoms with Gasteiger partial charge < -0.3 is 19.7 Å². The zero-order valence-electron chi connectivity index (χ0n) is 17.7. The molecule has 3 heterocycles. The molecule has 0 unspecified atom stereocenters. The number of benzene rings is 1. The van der Waals surface area contributed by atoms with E-state index in [2.05, 4.69) is 24.9 Å². The topological polar surface area (TPSA) is 146 Å². The van der Waals surface area contributed by atoms with E-state index in [1.54, 1.807) is 24.0 Å². The fourth-order valence-corrected chi connectivity index (χ4v) is 3.95. The Morgan fingerprint density at radius 2 is 2.03 bits per heavy atom. The fraction of sp³-hybridized carbons (Fsp3) is 0.350. The number of hydrogen-bond acceptors (Lipinski definition) is 12. The SMILES string of the molecule is CCOC(=O)OC1CCN(c2ncnc(Nc3ccc(-c4csnn4)cc3)c2[N+](=O)[O-])CC1. The third-order valence-electron chi connectivity index (χ3n) is 5.06. The van der Waals surface area contributed by atoms with E-state index >= 15 is 0 Å². The molecule has 33 heavy (non-hydrogen) atoms. The molecule has 0 atom stereocenters. The highest BCUT2D eigenvalue weighted by molar-refractivity contribution is 7.03. The smallest absolute Gasteiger partial charge is 0.435 e. The van der Waals surface area contributed by atoms with Crippen molar-refractivity contribution < 1.29 is 19.2 Å².